The molecule has 0 bridgehead atoms. The maximum absolute atomic E-state index is 11.4. The molecule has 1 unspecified atom stereocenters. The van der Waals surface area contributed by atoms with Gasteiger partial charge in [-0.1, -0.05) is 12.7 Å². The van der Waals surface area contributed by atoms with Crippen molar-refractivity contribution in [3.05, 3.63) is 12.7 Å². The highest BCUT2D eigenvalue weighted by Crippen LogP contribution is 2.09. The molecule has 0 radical (unpaired) electrons. The van der Waals surface area contributed by atoms with Gasteiger partial charge in [0.05, 0.1) is 6.42 Å². The summed E-state index contributed by atoms with van der Waals surface area (Å²) in [5.41, 5.74) is 4.40. The molecule has 1 amide bonds. The largest absolute Gasteiger partial charge is 0.460 e. The van der Waals surface area contributed by atoms with Crippen molar-refractivity contribution in [3.63, 3.8) is 0 Å². The summed E-state index contributed by atoms with van der Waals surface area (Å²) in [6, 6.07) is 0. The van der Waals surface area contributed by atoms with Gasteiger partial charge in [-0.2, -0.15) is 0 Å². The summed E-state index contributed by atoms with van der Waals surface area (Å²) in [6.07, 6.45) is 1.37. The smallest absolute Gasteiger partial charge is 0.326 e. The number of esters is 1. The van der Waals surface area contributed by atoms with Crippen LogP contribution in [0.25, 0.3) is 0 Å². The minimum absolute atomic E-state index is 0.0734. The molecule has 0 aromatic heterocycles. The zero-order chi connectivity index (χ0) is 12.1. The summed E-state index contributed by atoms with van der Waals surface area (Å²) in [6.45, 7) is 4.98. The van der Waals surface area contributed by atoms with Crippen molar-refractivity contribution in [2.45, 2.75) is 18.9 Å². The van der Waals surface area contributed by atoms with Crippen LogP contribution in [-0.2, 0) is 14.3 Å². The molecule has 1 atom stereocenters. The van der Waals surface area contributed by atoms with Crippen LogP contribution < -0.4 is 5.73 Å². The summed E-state index contributed by atoms with van der Waals surface area (Å²) in [5, 5.41) is 0. The predicted octanol–water partition coefficient (Wildman–Crippen LogP) is -0.0887. The van der Waals surface area contributed by atoms with Crippen LogP contribution in [0.15, 0.2) is 12.7 Å². The Kier molecular flexibility index (Phi) is 5.00. The number of carbonyl (C=O) groups is 2. The fourth-order valence-corrected chi connectivity index (χ4v) is 0.844. The molecule has 0 aromatic rings. The first-order valence-electron chi connectivity index (χ1n) is 4.58. The topological polar surface area (TPSA) is 72.6 Å². The second-order valence-electron chi connectivity index (χ2n) is 3.77. The van der Waals surface area contributed by atoms with Gasteiger partial charge in [-0.3, -0.25) is 9.59 Å². The highest BCUT2D eigenvalue weighted by molar-refractivity contribution is 5.88. The number of hydrogen-bond donors (Lipinski definition) is 1. The molecule has 0 spiro atoms. The minimum Gasteiger partial charge on any atom is -0.460 e. The van der Waals surface area contributed by atoms with Crippen molar-refractivity contribution in [1.82, 2.24) is 4.90 Å². The van der Waals surface area contributed by atoms with Gasteiger partial charge >= 0.3 is 5.97 Å². The molecule has 0 heterocycles. The lowest BCUT2D eigenvalue weighted by molar-refractivity contribution is -0.151. The highest BCUT2D eigenvalue weighted by Gasteiger charge is 2.33. The van der Waals surface area contributed by atoms with Gasteiger partial charge in [0.25, 0.3) is 0 Å². The number of ether oxygens (including phenoxy) is 1. The molecule has 86 valence electrons. The van der Waals surface area contributed by atoms with Gasteiger partial charge in [0.15, 0.2) is 0 Å². The van der Waals surface area contributed by atoms with E-state index in [-0.39, 0.29) is 18.9 Å². The Bertz CT molecular complexity index is 259. The van der Waals surface area contributed by atoms with E-state index < -0.39 is 11.5 Å². The van der Waals surface area contributed by atoms with Gasteiger partial charge in [0, 0.05) is 14.1 Å². The number of rotatable bonds is 5. The van der Waals surface area contributed by atoms with Gasteiger partial charge in [-0.15, -0.1) is 0 Å². The summed E-state index contributed by atoms with van der Waals surface area (Å²) in [5.74, 6) is -0.812. The average Bonchev–Trinajstić information content (AvgIpc) is 2.13. The molecule has 0 aromatic carbocycles. The Hall–Kier alpha value is -1.36. The quantitative estimate of drug-likeness (QED) is 0.513. The van der Waals surface area contributed by atoms with E-state index in [1.807, 2.05) is 0 Å². The van der Waals surface area contributed by atoms with Crippen molar-refractivity contribution in [1.29, 1.82) is 0 Å². The number of amides is 1. The van der Waals surface area contributed by atoms with E-state index in [0.717, 1.165) is 0 Å². The molecular weight excluding hydrogens is 196 g/mol. The third-order valence-electron chi connectivity index (χ3n) is 1.82. The van der Waals surface area contributed by atoms with Crippen LogP contribution in [0.1, 0.15) is 13.3 Å². The molecule has 0 saturated heterocycles. The zero-order valence-corrected chi connectivity index (χ0v) is 9.45. The van der Waals surface area contributed by atoms with Crippen LogP contribution in [0.3, 0.4) is 0 Å². The van der Waals surface area contributed by atoms with Crippen LogP contribution in [0.4, 0.5) is 0 Å². The van der Waals surface area contributed by atoms with Gasteiger partial charge in [0.1, 0.15) is 12.1 Å². The van der Waals surface area contributed by atoms with Crippen LogP contribution in [0.2, 0.25) is 0 Å². The van der Waals surface area contributed by atoms with E-state index in [2.05, 4.69) is 6.58 Å². The Morgan fingerprint density at radius 1 is 1.53 bits per heavy atom. The molecule has 5 heteroatoms. The number of nitrogens with zero attached hydrogens (tertiary/aromatic N) is 1. The fraction of sp³-hybridized carbons (Fsp3) is 0.600. The number of hydrogen-bond acceptors (Lipinski definition) is 4. The molecule has 2 N–H and O–H groups in total. The van der Waals surface area contributed by atoms with Crippen molar-refractivity contribution < 1.29 is 14.3 Å². The number of nitrogens with two attached hydrogens (primary N) is 1. The van der Waals surface area contributed by atoms with E-state index in [4.69, 9.17) is 10.5 Å². The van der Waals surface area contributed by atoms with E-state index in [9.17, 15) is 9.59 Å². The third-order valence-corrected chi connectivity index (χ3v) is 1.82. The summed E-state index contributed by atoms with van der Waals surface area (Å²) in [7, 11) is 3.21. The van der Waals surface area contributed by atoms with Crippen LogP contribution in [0.5, 0.6) is 0 Å². The Morgan fingerprint density at radius 2 is 2.07 bits per heavy atom. The lowest BCUT2D eigenvalue weighted by Gasteiger charge is -2.23. The van der Waals surface area contributed by atoms with Crippen LogP contribution in [0, 0.1) is 0 Å². The lowest BCUT2D eigenvalue weighted by Crippen LogP contribution is -2.49. The fourth-order valence-electron chi connectivity index (χ4n) is 0.844. The van der Waals surface area contributed by atoms with E-state index >= 15 is 0 Å². The Labute approximate surface area is 89.9 Å². The first-order chi connectivity index (χ1) is 6.81. The standard InChI is InChI=1S/C10H18N2O3/c1-5-6-15-9(14)10(2,11)7-8(13)12(3)4/h5H,1,6-7,11H2,2-4H3. The van der Waals surface area contributed by atoms with E-state index in [0.29, 0.717) is 0 Å². The monoisotopic (exact) mass is 214 g/mol. The van der Waals surface area contributed by atoms with Crippen LogP contribution in [-0.4, -0.2) is 43.0 Å². The molecular formula is C10H18N2O3. The Balaban J connectivity index is 4.33. The predicted molar refractivity (Wildman–Crippen MR) is 57.1 cm³/mol. The third kappa shape index (κ3) is 4.60. The van der Waals surface area contributed by atoms with Crippen molar-refractivity contribution >= 4 is 11.9 Å². The zero-order valence-electron chi connectivity index (χ0n) is 9.45. The molecule has 5 nitrogen and oxygen atoms in total. The van der Waals surface area contributed by atoms with Gasteiger partial charge in [-0.05, 0) is 6.92 Å². The SMILES string of the molecule is C=CCOC(=O)C(C)(N)CC(=O)N(C)C. The highest BCUT2D eigenvalue weighted by atomic mass is 16.5. The van der Waals surface area contributed by atoms with Crippen LogP contribution >= 0.6 is 0 Å². The van der Waals surface area contributed by atoms with Crippen molar-refractivity contribution in [3.8, 4) is 0 Å². The molecule has 0 saturated carbocycles. The van der Waals surface area contributed by atoms with Gasteiger partial charge < -0.3 is 15.4 Å². The number of carbonyl (C=O) groups excluding carboxylic acids is 2. The molecule has 0 aliphatic rings. The first kappa shape index (κ1) is 13.6. The second-order valence-corrected chi connectivity index (χ2v) is 3.77. The lowest BCUT2D eigenvalue weighted by atomic mass is 9.99. The molecule has 0 rings (SSSR count). The summed E-state index contributed by atoms with van der Waals surface area (Å²) < 4.78 is 4.78. The van der Waals surface area contributed by atoms with E-state index in [1.54, 1.807) is 14.1 Å². The van der Waals surface area contributed by atoms with Crippen molar-refractivity contribution in [2.75, 3.05) is 20.7 Å². The molecule has 0 aliphatic carbocycles. The normalized spacial score (nSPS) is 13.9. The van der Waals surface area contributed by atoms with Crippen molar-refractivity contribution in [2.24, 2.45) is 5.73 Å². The summed E-state index contributed by atoms with van der Waals surface area (Å²) >= 11 is 0. The second kappa shape index (κ2) is 5.50. The molecule has 0 fully saturated rings. The van der Waals surface area contributed by atoms with Gasteiger partial charge in [0.2, 0.25) is 5.91 Å². The maximum Gasteiger partial charge on any atom is 0.326 e. The maximum atomic E-state index is 11.4. The molecule has 15 heavy (non-hydrogen) atoms. The van der Waals surface area contributed by atoms with E-state index in [1.165, 1.54) is 17.9 Å². The molecule has 0 aliphatic heterocycles. The average molecular weight is 214 g/mol. The Morgan fingerprint density at radius 3 is 2.47 bits per heavy atom. The summed E-state index contributed by atoms with van der Waals surface area (Å²) in [4.78, 5) is 24.2. The van der Waals surface area contributed by atoms with Gasteiger partial charge in [-0.25, -0.2) is 0 Å². The first-order valence-corrected chi connectivity index (χ1v) is 4.58. The minimum atomic E-state index is -1.29.